The van der Waals surface area contributed by atoms with Gasteiger partial charge in [0.1, 0.15) is 23.9 Å². The van der Waals surface area contributed by atoms with Gasteiger partial charge in [-0.05, 0) is 54.6 Å². The van der Waals surface area contributed by atoms with E-state index in [0.29, 0.717) is 16.8 Å². The molecule has 3 N–H and O–H groups in total. The number of benzene rings is 1. The van der Waals surface area contributed by atoms with E-state index >= 15 is 0 Å². The summed E-state index contributed by atoms with van der Waals surface area (Å²) in [5.74, 6) is -0.133. The van der Waals surface area contributed by atoms with Crippen molar-refractivity contribution in [2.45, 2.75) is 19.3 Å². The van der Waals surface area contributed by atoms with Crippen LogP contribution in [0.2, 0.25) is 0 Å². The van der Waals surface area contributed by atoms with E-state index in [0.717, 1.165) is 0 Å². The number of urea groups is 1. The predicted molar refractivity (Wildman–Crippen MR) is 127 cm³/mol. The quantitative estimate of drug-likeness (QED) is 0.431. The summed E-state index contributed by atoms with van der Waals surface area (Å²) in [5, 5.41) is 13.1. The summed E-state index contributed by atoms with van der Waals surface area (Å²) in [6, 6.07) is 7.58. The molecule has 0 fully saturated rings. The summed E-state index contributed by atoms with van der Waals surface area (Å²) < 4.78 is 67.7. The van der Waals surface area contributed by atoms with Gasteiger partial charge >= 0.3 is 18.8 Å². The molecule has 0 saturated carbocycles. The number of fused-ring (bicyclic) bond motifs is 1. The highest BCUT2D eigenvalue weighted by Crippen LogP contribution is 2.37. The number of pyridine rings is 1. The fourth-order valence-electron chi connectivity index (χ4n) is 3.74. The summed E-state index contributed by atoms with van der Waals surface area (Å²) in [4.78, 5) is 20.6. The Morgan fingerprint density at radius 2 is 1.89 bits per heavy atom. The molecule has 2 aliphatic rings. The summed E-state index contributed by atoms with van der Waals surface area (Å²) in [7, 11) is 1.67. The molecule has 2 aromatic rings. The number of nitrogens with one attached hydrogen (secondary N) is 3. The maximum atomic E-state index is 13.7. The second kappa shape index (κ2) is 10.3. The smallest absolute Gasteiger partial charge is 0.405 e. The van der Waals surface area contributed by atoms with Crippen molar-refractivity contribution in [2.24, 2.45) is 0 Å². The van der Waals surface area contributed by atoms with Crippen LogP contribution in [0.3, 0.4) is 0 Å². The maximum absolute atomic E-state index is 13.7. The van der Waals surface area contributed by atoms with Crippen molar-refractivity contribution in [3.8, 4) is 5.75 Å². The molecule has 1 aromatic heterocycles. The minimum atomic E-state index is -4.48. The zero-order valence-corrected chi connectivity index (χ0v) is 19.3. The molecule has 1 aliphatic carbocycles. The third kappa shape index (κ3) is 5.88. The summed E-state index contributed by atoms with van der Waals surface area (Å²) in [6.07, 6.45) is 1.91. The molecule has 2 heterocycles. The van der Waals surface area contributed by atoms with Crippen LogP contribution in [-0.2, 0) is 6.54 Å². The van der Waals surface area contributed by atoms with E-state index in [1.807, 2.05) is 0 Å². The van der Waals surface area contributed by atoms with Crippen molar-refractivity contribution >= 4 is 29.1 Å². The highest BCUT2D eigenvalue weighted by molar-refractivity contribution is 6.10. The van der Waals surface area contributed by atoms with Gasteiger partial charge in [0, 0.05) is 30.1 Å². The number of aromatic nitrogens is 1. The van der Waals surface area contributed by atoms with Gasteiger partial charge in [0.15, 0.2) is 0 Å². The summed E-state index contributed by atoms with van der Waals surface area (Å²) in [6.45, 7) is -4.30. The number of carbonyl (C=O) groups is 1. The van der Waals surface area contributed by atoms with Crippen LogP contribution in [0, 0.1) is 5.41 Å². The Kier molecular flexibility index (Phi) is 7.14. The Hall–Kier alpha value is -4.42. The van der Waals surface area contributed by atoms with E-state index in [1.54, 1.807) is 31.5 Å². The van der Waals surface area contributed by atoms with Gasteiger partial charge in [0.25, 0.3) is 0 Å². The molecule has 1 aliphatic heterocycles. The number of allylic oxidation sites excluding steroid dienone is 4. The molecule has 37 heavy (non-hydrogen) atoms. The lowest BCUT2D eigenvalue weighted by atomic mass is 10.0. The van der Waals surface area contributed by atoms with Gasteiger partial charge in [-0.25, -0.2) is 14.7 Å². The van der Waals surface area contributed by atoms with Gasteiger partial charge in [-0.1, -0.05) is 0 Å². The van der Waals surface area contributed by atoms with Crippen LogP contribution in [0.15, 0.2) is 72.1 Å². The average Bonchev–Trinajstić information content (AvgIpc) is 2.84. The molecular weight excluding hydrogens is 499 g/mol. The molecule has 0 unspecified atom stereocenters. The van der Waals surface area contributed by atoms with E-state index in [-0.39, 0.29) is 35.3 Å². The Labute approximate surface area is 208 Å². The number of rotatable bonds is 7. The molecule has 4 rings (SSSR count). The van der Waals surface area contributed by atoms with Crippen LogP contribution in [0.4, 0.5) is 44.1 Å². The van der Waals surface area contributed by atoms with E-state index in [1.165, 1.54) is 46.2 Å². The minimum Gasteiger partial charge on any atom is -0.435 e. The average molecular weight is 520 g/mol. The number of ether oxygens (including phenoxy) is 1. The van der Waals surface area contributed by atoms with Crippen molar-refractivity contribution in [2.75, 3.05) is 23.8 Å². The Morgan fingerprint density at radius 3 is 2.54 bits per heavy atom. The van der Waals surface area contributed by atoms with Gasteiger partial charge in [-0.3, -0.25) is 4.90 Å². The van der Waals surface area contributed by atoms with E-state index < -0.39 is 25.4 Å². The second-order valence-corrected chi connectivity index (χ2v) is 7.93. The Morgan fingerprint density at radius 1 is 1.16 bits per heavy atom. The van der Waals surface area contributed by atoms with E-state index in [9.17, 15) is 26.7 Å². The fourth-order valence-corrected chi connectivity index (χ4v) is 3.74. The van der Waals surface area contributed by atoms with Crippen molar-refractivity contribution in [1.29, 1.82) is 5.41 Å². The summed E-state index contributed by atoms with van der Waals surface area (Å²) in [5.41, 5.74) is 1.99. The molecule has 1 aromatic carbocycles. The first kappa shape index (κ1) is 25.7. The largest absolute Gasteiger partial charge is 0.435 e. The lowest BCUT2D eigenvalue weighted by Crippen LogP contribution is -2.44. The van der Waals surface area contributed by atoms with Crippen LogP contribution in [0.5, 0.6) is 5.75 Å². The first-order valence-corrected chi connectivity index (χ1v) is 10.9. The Bertz CT molecular complexity index is 1290. The van der Waals surface area contributed by atoms with Gasteiger partial charge in [0.2, 0.25) is 0 Å². The predicted octanol–water partition coefficient (Wildman–Crippen LogP) is 5.31. The van der Waals surface area contributed by atoms with Gasteiger partial charge < -0.3 is 20.8 Å². The molecule has 8 nitrogen and oxygen atoms in total. The second-order valence-electron chi connectivity index (χ2n) is 7.93. The zero-order valence-electron chi connectivity index (χ0n) is 19.3. The number of halogens is 5. The Balaban J connectivity index is 1.75. The maximum Gasteiger partial charge on any atom is 0.405 e. The number of amides is 2. The normalized spacial score (nSPS) is 16.7. The SMILES string of the molecule is CN/C=C1/C=C(N2Cc3ccc(NCC(F)(F)F)nc3N(c3ccc(OC(F)F)cc3)C2=O)C=CC1=N. The van der Waals surface area contributed by atoms with Crippen LogP contribution >= 0.6 is 0 Å². The highest BCUT2D eigenvalue weighted by atomic mass is 19.4. The number of nitrogens with zero attached hydrogens (tertiary/aromatic N) is 3. The summed E-state index contributed by atoms with van der Waals surface area (Å²) >= 11 is 0. The monoisotopic (exact) mass is 520 g/mol. The molecular formula is C24H21F5N6O2. The number of anilines is 3. The number of hydrogen-bond donors (Lipinski definition) is 3. The van der Waals surface area contributed by atoms with Gasteiger partial charge in [-0.15, -0.1) is 0 Å². The minimum absolute atomic E-state index is 0.0557. The number of alkyl halides is 5. The topological polar surface area (TPSA) is 93.6 Å². The lowest BCUT2D eigenvalue weighted by Gasteiger charge is -2.37. The van der Waals surface area contributed by atoms with E-state index in [2.05, 4.69) is 20.4 Å². The number of hydrogen-bond acceptors (Lipinski definition) is 6. The van der Waals surface area contributed by atoms with Crippen molar-refractivity contribution < 1.29 is 31.5 Å². The van der Waals surface area contributed by atoms with Crippen molar-refractivity contribution in [3.05, 3.63) is 77.7 Å². The molecule has 0 spiro atoms. The molecule has 13 heteroatoms. The van der Waals surface area contributed by atoms with E-state index in [4.69, 9.17) is 5.41 Å². The highest BCUT2D eigenvalue weighted by Gasteiger charge is 2.35. The molecule has 2 amide bonds. The fraction of sp³-hybridized carbons (Fsp3) is 0.208. The van der Waals surface area contributed by atoms with Crippen molar-refractivity contribution in [1.82, 2.24) is 15.2 Å². The van der Waals surface area contributed by atoms with Gasteiger partial charge in [0.05, 0.1) is 17.9 Å². The van der Waals surface area contributed by atoms with Crippen molar-refractivity contribution in [3.63, 3.8) is 0 Å². The molecule has 0 radical (unpaired) electrons. The standard InChI is InChI=1S/C24H21F5N6O2/c1-31-11-15-10-17(5-8-19(15)30)34-12-14-2-9-20(32-13-24(27,28)29)33-21(14)35(23(34)36)16-3-6-18(7-4-16)37-22(25)26/h2-11,22,30-31H,12-13H2,1H3,(H,32,33)/b15-11-,30-19?. The molecule has 0 saturated heterocycles. The lowest BCUT2D eigenvalue weighted by molar-refractivity contribution is -0.115. The molecule has 0 bridgehead atoms. The molecule has 0 atom stereocenters. The third-order valence-corrected chi connectivity index (χ3v) is 5.36. The van der Waals surface area contributed by atoms with Crippen LogP contribution < -0.4 is 20.3 Å². The van der Waals surface area contributed by atoms with Crippen LogP contribution in [-0.4, -0.2) is 48.0 Å². The zero-order chi connectivity index (χ0) is 26.7. The van der Waals surface area contributed by atoms with Crippen LogP contribution in [0.1, 0.15) is 5.56 Å². The molecule has 194 valence electrons. The van der Waals surface area contributed by atoms with Gasteiger partial charge in [-0.2, -0.15) is 22.0 Å². The van der Waals surface area contributed by atoms with Crippen LogP contribution in [0.25, 0.3) is 0 Å². The first-order valence-electron chi connectivity index (χ1n) is 10.9. The third-order valence-electron chi connectivity index (χ3n) is 5.36. The first-order chi connectivity index (χ1) is 17.6. The number of carbonyl (C=O) groups excluding carboxylic acids is 1.